The van der Waals surface area contributed by atoms with Gasteiger partial charge < -0.3 is 0 Å². The largest absolute Gasteiger partial charge is 0.293 e. The van der Waals surface area contributed by atoms with Crippen LogP contribution in [0, 0.1) is 17.5 Å². The number of ketones is 1. The van der Waals surface area contributed by atoms with Gasteiger partial charge in [-0.05, 0) is 30.3 Å². The van der Waals surface area contributed by atoms with Gasteiger partial charge in [0.2, 0.25) is 0 Å². The third-order valence-corrected chi connectivity index (χ3v) is 3.73. The molecule has 0 aromatic heterocycles. The summed E-state index contributed by atoms with van der Waals surface area (Å²) in [6, 6.07) is 8.46. The van der Waals surface area contributed by atoms with E-state index in [1.54, 1.807) is 24.3 Å². The molecule has 2 rings (SSSR count). The van der Waals surface area contributed by atoms with Crippen molar-refractivity contribution in [1.29, 1.82) is 0 Å². The first kappa shape index (κ1) is 14.9. The summed E-state index contributed by atoms with van der Waals surface area (Å²) in [5.41, 5.74) is -0.460. The second kappa shape index (κ2) is 6.33. The molecule has 104 valence electrons. The smallest absolute Gasteiger partial charge is 0.195 e. The molecule has 0 radical (unpaired) electrons. The lowest BCUT2D eigenvalue weighted by Gasteiger charge is -2.04. The van der Waals surface area contributed by atoms with Gasteiger partial charge in [-0.2, -0.15) is 0 Å². The van der Waals surface area contributed by atoms with Crippen LogP contribution in [0.3, 0.4) is 0 Å². The number of benzene rings is 2. The van der Waals surface area contributed by atoms with E-state index in [-0.39, 0.29) is 5.75 Å². The van der Waals surface area contributed by atoms with Gasteiger partial charge >= 0.3 is 0 Å². The van der Waals surface area contributed by atoms with Crippen molar-refractivity contribution in [3.63, 3.8) is 0 Å². The molecule has 0 fully saturated rings. The number of carbonyl (C=O) groups is 1. The van der Waals surface area contributed by atoms with Crippen LogP contribution >= 0.6 is 23.4 Å². The van der Waals surface area contributed by atoms with E-state index in [1.807, 2.05) is 0 Å². The van der Waals surface area contributed by atoms with Gasteiger partial charge in [0, 0.05) is 9.92 Å². The molecule has 0 aliphatic carbocycles. The van der Waals surface area contributed by atoms with Crippen molar-refractivity contribution in [3.05, 3.63) is 64.4 Å². The third-order valence-electron chi connectivity index (χ3n) is 2.50. The first-order valence-electron chi connectivity index (χ1n) is 5.54. The molecule has 0 amide bonds. The molecule has 2 aromatic carbocycles. The van der Waals surface area contributed by atoms with Gasteiger partial charge in [0.05, 0.1) is 11.3 Å². The van der Waals surface area contributed by atoms with Crippen LogP contribution in [0.2, 0.25) is 5.02 Å². The lowest BCUT2D eigenvalue weighted by atomic mass is 10.1. The van der Waals surface area contributed by atoms with Crippen LogP contribution in [0.25, 0.3) is 0 Å². The molecule has 1 nitrogen and oxygen atoms in total. The second-order valence-electron chi connectivity index (χ2n) is 3.89. The number of hydrogen-bond acceptors (Lipinski definition) is 2. The highest BCUT2D eigenvalue weighted by Crippen LogP contribution is 2.23. The molecule has 0 heterocycles. The zero-order valence-electron chi connectivity index (χ0n) is 10.00. The van der Waals surface area contributed by atoms with Crippen LogP contribution in [-0.2, 0) is 0 Å². The quantitative estimate of drug-likeness (QED) is 0.461. The van der Waals surface area contributed by atoms with E-state index >= 15 is 0 Å². The topological polar surface area (TPSA) is 17.1 Å². The minimum atomic E-state index is -1.64. The molecule has 0 atom stereocenters. The van der Waals surface area contributed by atoms with Crippen molar-refractivity contribution < 1.29 is 18.0 Å². The number of carbonyl (C=O) groups excluding carboxylic acids is 1. The predicted molar refractivity (Wildman–Crippen MR) is 72.8 cm³/mol. The van der Waals surface area contributed by atoms with Gasteiger partial charge in [0.15, 0.2) is 23.2 Å². The molecular weight excluding hydrogens is 309 g/mol. The monoisotopic (exact) mass is 316 g/mol. The van der Waals surface area contributed by atoms with Crippen molar-refractivity contribution >= 4 is 29.1 Å². The maximum absolute atomic E-state index is 13.4. The number of thioether (sulfide) groups is 1. The fourth-order valence-electron chi connectivity index (χ4n) is 1.52. The summed E-state index contributed by atoms with van der Waals surface area (Å²) >= 11 is 6.93. The van der Waals surface area contributed by atoms with E-state index < -0.39 is 28.8 Å². The summed E-state index contributed by atoms with van der Waals surface area (Å²) in [5, 5.41) is 0.515. The molecule has 6 heteroatoms. The molecule has 0 unspecified atom stereocenters. The van der Waals surface area contributed by atoms with Gasteiger partial charge in [0.1, 0.15) is 0 Å². The SMILES string of the molecule is O=C(CSc1cccc(Cl)c1)c1ccc(F)c(F)c1F. The van der Waals surface area contributed by atoms with Gasteiger partial charge in [-0.15, -0.1) is 11.8 Å². The van der Waals surface area contributed by atoms with Gasteiger partial charge in [-0.1, -0.05) is 17.7 Å². The summed E-state index contributed by atoms with van der Waals surface area (Å²) in [7, 11) is 0. The van der Waals surface area contributed by atoms with E-state index in [1.165, 1.54) is 0 Å². The Morgan fingerprint density at radius 3 is 2.55 bits per heavy atom. The second-order valence-corrected chi connectivity index (χ2v) is 5.38. The lowest BCUT2D eigenvalue weighted by molar-refractivity contribution is 0.101. The molecule has 0 saturated carbocycles. The Balaban J connectivity index is 2.11. The fraction of sp³-hybridized carbons (Fsp3) is 0.0714. The summed E-state index contributed by atoms with van der Waals surface area (Å²) in [5.74, 6) is -5.12. The van der Waals surface area contributed by atoms with Gasteiger partial charge in [0.25, 0.3) is 0 Å². The third kappa shape index (κ3) is 3.35. The zero-order valence-corrected chi connectivity index (χ0v) is 11.6. The summed E-state index contributed by atoms with van der Waals surface area (Å²) in [6.07, 6.45) is 0. The average Bonchev–Trinajstić information content (AvgIpc) is 2.42. The Kier molecular flexibility index (Phi) is 4.73. The van der Waals surface area contributed by atoms with Gasteiger partial charge in [-0.3, -0.25) is 4.79 Å². The van der Waals surface area contributed by atoms with E-state index in [0.29, 0.717) is 5.02 Å². The van der Waals surface area contributed by atoms with Crippen LogP contribution in [0.5, 0.6) is 0 Å². The molecular formula is C14H8ClF3OS. The molecule has 20 heavy (non-hydrogen) atoms. The number of halogens is 4. The molecule has 0 spiro atoms. The van der Waals surface area contributed by atoms with Crippen LogP contribution < -0.4 is 0 Å². The zero-order chi connectivity index (χ0) is 14.7. The molecule has 0 saturated heterocycles. The number of rotatable bonds is 4. The molecule has 0 aliphatic rings. The van der Waals surface area contributed by atoms with Gasteiger partial charge in [-0.25, -0.2) is 13.2 Å². The minimum absolute atomic E-state index is 0.0949. The van der Waals surface area contributed by atoms with E-state index in [2.05, 4.69) is 0 Å². The first-order valence-corrected chi connectivity index (χ1v) is 6.90. The Labute approximate surface area is 122 Å². The standard InChI is InChI=1S/C14H8ClF3OS/c15-8-2-1-3-9(6-8)20-7-12(19)10-4-5-11(16)14(18)13(10)17/h1-6H,7H2. The maximum Gasteiger partial charge on any atom is 0.195 e. The van der Waals surface area contributed by atoms with Crippen molar-refractivity contribution in [2.24, 2.45) is 0 Å². The molecule has 0 bridgehead atoms. The fourth-order valence-corrected chi connectivity index (χ4v) is 2.62. The lowest BCUT2D eigenvalue weighted by Crippen LogP contribution is -2.08. The van der Waals surface area contributed by atoms with Crippen LogP contribution in [0.1, 0.15) is 10.4 Å². The van der Waals surface area contributed by atoms with Crippen LogP contribution in [0.15, 0.2) is 41.3 Å². The molecule has 0 aliphatic heterocycles. The highest BCUT2D eigenvalue weighted by atomic mass is 35.5. The van der Waals surface area contributed by atoms with Crippen molar-refractivity contribution in [2.45, 2.75) is 4.90 Å². The highest BCUT2D eigenvalue weighted by Gasteiger charge is 2.18. The summed E-state index contributed by atoms with van der Waals surface area (Å²) in [6.45, 7) is 0. The van der Waals surface area contributed by atoms with Crippen molar-refractivity contribution in [2.75, 3.05) is 5.75 Å². The van der Waals surface area contributed by atoms with E-state index in [9.17, 15) is 18.0 Å². The van der Waals surface area contributed by atoms with Crippen molar-refractivity contribution in [3.8, 4) is 0 Å². The minimum Gasteiger partial charge on any atom is -0.293 e. The Morgan fingerprint density at radius 2 is 1.85 bits per heavy atom. The first-order chi connectivity index (χ1) is 9.49. The number of Topliss-reactive ketones (excluding diaryl/α,β-unsaturated/α-hetero) is 1. The highest BCUT2D eigenvalue weighted by molar-refractivity contribution is 8.00. The van der Waals surface area contributed by atoms with Crippen molar-refractivity contribution in [1.82, 2.24) is 0 Å². The predicted octanol–water partition coefficient (Wildman–Crippen LogP) is 4.73. The normalized spacial score (nSPS) is 10.6. The Bertz CT molecular complexity index is 661. The summed E-state index contributed by atoms with van der Waals surface area (Å²) < 4.78 is 39.2. The summed E-state index contributed by atoms with van der Waals surface area (Å²) in [4.78, 5) is 12.5. The number of hydrogen-bond donors (Lipinski definition) is 0. The van der Waals surface area contributed by atoms with Crippen LogP contribution in [-0.4, -0.2) is 11.5 Å². The average molecular weight is 317 g/mol. The molecule has 2 aromatic rings. The molecule has 0 N–H and O–H groups in total. The Hall–Kier alpha value is -1.46. The maximum atomic E-state index is 13.4. The van der Waals surface area contributed by atoms with E-state index in [4.69, 9.17) is 11.6 Å². The Morgan fingerprint density at radius 1 is 1.10 bits per heavy atom. The van der Waals surface area contributed by atoms with E-state index in [0.717, 1.165) is 28.8 Å². The van der Waals surface area contributed by atoms with Crippen LogP contribution in [0.4, 0.5) is 13.2 Å².